The van der Waals surface area contributed by atoms with Crippen LogP contribution in [0.25, 0.3) is 0 Å². The molecule has 2 N–H and O–H groups in total. The van der Waals surface area contributed by atoms with Crippen molar-refractivity contribution in [3.05, 3.63) is 84.4 Å². The van der Waals surface area contributed by atoms with Crippen LogP contribution in [0.15, 0.2) is 78.9 Å². The van der Waals surface area contributed by atoms with Gasteiger partial charge in [0.05, 0.1) is 0 Å². The van der Waals surface area contributed by atoms with Gasteiger partial charge in [-0.25, -0.2) is 0 Å². The van der Waals surface area contributed by atoms with E-state index in [0.717, 1.165) is 0 Å². The molecule has 222 valence electrons. The van der Waals surface area contributed by atoms with E-state index in [9.17, 15) is 19.5 Å². The third kappa shape index (κ3) is 3.99. The van der Waals surface area contributed by atoms with Crippen LogP contribution in [0.3, 0.4) is 0 Å². The van der Waals surface area contributed by atoms with Gasteiger partial charge in [0.1, 0.15) is 0 Å². The molecule has 0 radical (unpaired) electrons. The molecule has 6 atom stereocenters. The standard InChI is InChI=1S/C32H31N3O7Se/c1-3-41-30(38)31(32(39)22-11-7-8-12-23(22)33-29(32)37)17-24-27-26(28(36)34(27)19-13-15-20(40-2)16-14-19)25(35(24)42-31)18-43-21-9-5-4-6-10-21/h4-16,24-27,39H,3,17-18H2,1-2H3,(H,33,37)/t24-,25-,26-,27+,31?,32-/m1/s1. The van der Waals surface area contributed by atoms with Crippen molar-refractivity contribution in [2.24, 2.45) is 5.92 Å². The molecule has 4 aliphatic heterocycles. The van der Waals surface area contributed by atoms with Gasteiger partial charge in [-0.05, 0) is 0 Å². The van der Waals surface area contributed by atoms with Gasteiger partial charge in [0.15, 0.2) is 0 Å². The molecule has 3 aromatic carbocycles. The Labute approximate surface area is 255 Å². The molecule has 3 saturated heterocycles. The predicted octanol–water partition coefficient (Wildman–Crippen LogP) is 2.00. The van der Waals surface area contributed by atoms with E-state index in [4.69, 9.17) is 14.3 Å². The average Bonchev–Trinajstić information content (AvgIpc) is 3.63. The number of β-lactam (4-membered cyclic amide) rings is 1. The minimum absolute atomic E-state index is 0.00104. The van der Waals surface area contributed by atoms with Gasteiger partial charge in [0.2, 0.25) is 0 Å². The van der Waals surface area contributed by atoms with Crippen molar-refractivity contribution in [1.29, 1.82) is 0 Å². The molecule has 10 nitrogen and oxygen atoms in total. The van der Waals surface area contributed by atoms with Crippen LogP contribution in [0, 0.1) is 5.92 Å². The number of esters is 1. The average molecular weight is 649 g/mol. The van der Waals surface area contributed by atoms with Crippen molar-refractivity contribution in [2.45, 2.75) is 48.0 Å². The molecule has 4 heterocycles. The molecule has 11 heteroatoms. The number of methoxy groups -OCH3 is 1. The number of hydrogen-bond donors (Lipinski definition) is 2. The number of fused-ring (bicyclic) bond motifs is 4. The van der Waals surface area contributed by atoms with Crippen LogP contribution in [0.1, 0.15) is 18.9 Å². The van der Waals surface area contributed by atoms with E-state index < -0.39 is 29.1 Å². The fraction of sp³-hybridized carbons (Fsp3) is 0.344. The molecule has 2 amide bonds. The summed E-state index contributed by atoms with van der Waals surface area (Å²) < 4.78 is 12.0. The number of nitrogens with one attached hydrogen (secondary N) is 1. The molecule has 0 spiro atoms. The molecular formula is C32H31N3O7Se. The first-order valence-corrected chi connectivity index (χ1v) is 16.3. The fourth-order valence-corrected chi connectivity index (χ4v) is 9.28. The number of benzene rings is 3. The maximum absolute atomic E-state index is 13.9. The molecule has 0 aromatic heterocycles. The normalized spacial score (nSPS) is 30.7. The first kappa shape index (κ1) is 28.1. The number of carbonyl (C=O) groups is 3. The number of aliphatic hydroxyl groups is 1. The number of hydrogen-bond acceptors (Lipinski definition) is 8. The zero-order chi connectivity index (χ0) is 29.9. The van der Waals surface area contributed by atoms with E-state index in [1.807, 2.05) is 30.3 Å². The quantitative estimate of drug-likeness (QED) is 0.217. The summed E-state index contributed by atoms with van der Waals surface area (Å²) in [6, 6.07) is 22.9. The summed E-state index contributed by atoms with van der Waals surface area (Å²) in [4.78, 5) is 49.7. The maximum atomic E-state index is 13.9. The summed E-state index contributed by atoms with van der Waals surface area (Å²) in [7, 11) is 1.58. The van der Waals surface area contributed by atoms with Crippen LogP contribution in [-0.2, 0) is 29.6 Å². The summed E-state index contributed by atoms with van der Waals surface area (Å²) >= 11 is -0.00104. The van der Waals surface area contributed by atoms with Crippen molar-refractivity contribution >= 4 is 48.6 Å². The topological polar surface area (TPSA) is 118 Å². The van der Waals surface area contributed by atoms with Gasteiger partial charge in [-0.1, -0.05) is 0 Å². The molecule has 7 rings (SSSR count). The molecule has 43 heavy (non-hydrogen) atoms. The minimum atomic E-state index is -2.34. The zero-order valence-electron chi connectivity index (χ0n) is 23.6. The number of ether oxygens (including phenoxy) is 2. The Hall–Kier alpha value is -3.73. The Balaban J connectivity index is 1.31. The monoisotopic (exact) mass is 649 g/mol. The van der Waals surface area contributed by atoms with Crippen molar-refractivity contribution in [3.8, 4) is 5.75 Å². The number of anilines is 2. The molecule has 0 aliphatic carbocycles. The number of carbonyl (C=O) groups excluding carboxylic acids is 3. The zero-order valence-corrected chi connectivity index (χ0v) is 25.3. The summed E-state index contributed by atoms with van der Waals surface area (Å²) in [5, 5.41) is 17.4. The van der Waals surface area contributed by atoms with Crippen molar-refractivity contribution in [1.82, 2.24) is 5.06 Å². The summed E-state index contributed by atoms with van der Waals surface area (Å²) in [5.74, 6) is -1.28. The van der Waals surface area contributed by atoms with Crippen LogP contribution < -0.4 is 19.4 Å². The SMILES string of the molecule is CCOC(=O)C1([C@]2(O)C(=O)Nc3ccccc32)C[C@@H]2[C@H]3[C@H](C(=O)N3c3ccc(OC)cc3)[C@@H](C[Se]c3ccccc3)N2O1. The third-order valence-electron chi connectivity index (χ3n) is 9.01. The van der Waals surface area contributed by atoms with Gasteiger partial charge in [-0.15, -0.1) is 0 Å². The molecule has 3 aromatic rings. The van der Waals surface area contributed by atoms with Crippen LogP contribution in [0.4, 0.5) is 11.4 Å². The molecule has 3 fully saturated rings. The van der Waals surface area contributed by atoms with Gasteiger partial charge < -0.3 is 0 Å². The number of amides is 2. The number of para-hydroxylation sites is 1. The third-order valence-corrected chi connectivity index (χ3v) is 11.3. The second-order valence-electron chi connectivity index (χ2n) is 11.1. The number of rotatable bonds is 8. The van der Waals surface area contributed by atoms with Gasteiger partial charge in [-0.3, -0.25) is 0 Å². The van der Waals surface area contributed by atoms with Crippen molar-refractivity contribution in [2.75, 3.05) is 23.9 Å². The van der Waals surface area contributed by atoms with Crippen LogP contribution in [0.2, 0.25) is 5.32 Å². The van der Waals surface area contributed by atoms with E-state index in [-0.39, 0.29) is 57.5 Å². The Morgan fingerprint density at radius 1 is 1.07 bits per heavy atom. The van der Waals surface area contributed by atoms with E-state index in [1.165, 1.54) is 4.46 Å². The first-order chi connectivity index (χ1) is 20.8. The van der Waals surface area contributed by atoms with E-state index >= 15 is 0 Å². The van der Waals surface area contributed by atoms with E-state index in [1.54, 1.807) is 60.4 Å². The van der Waals surface area contributed by atoms with Gasteiger partial charge in [0, 0.05) is 0 Å². The Kier molecular flexibility index (Phi) is 6.83. The van der Waals surface area contributed by atoms with Gasteiger partial charge in [-0.2, -0.15) is 0 Å². The number of hydroxylamine groups is 2. The molecule has 4 aliphatic rings. The Bertz CT molecular complexity index is 1590. The van der Waals surface area contributed by atoms with Crippen molar-refractivity contribution in [3.63, 3.8) is 0 Å². The molecular weight excluding hydrogens is 617 g/mol. The summed E-state index contributed by atoms with van der Waals surface area (Å²) in [6.07, 6.45) is -0.0416. The molecule has 0 bridgehead atoms. The summed E-state index contributed by atoms with van der Waals surface area (Å²) in [6.45, 7) is 1.71. The fourth-order valence-electron chi connectivity index (χ4n) is 7.04. The first-order valence-electron chi connectivity index (χ1n) is 14.3. The van der Waals surface area contributed by atoms with Crippen LogP contribution in [-0.4, -0.2) is 80.4 Å². The van der Waals surface area contributed by atoms with E-state index in [2.05, 4.69) is 17.4 Å². The van der Waals surface area contributed by atoms with Crippen LogP contribution >= 0.6 is 0 Å². The second-order valence-corrected chi connectivity index (χ2v) is 13.4. The summed E-state index contributed by atoms with van der Waals surface area (Å²) in [5.41, 5.74) is -3.03. The van der Waals surface area contributed by atoms with E-state index in [0.29, 0.717) is 22.4 Å². The second kappa shape index (κ2) is 10.5. The van der Waals surface area contributed by atoms with Crippen LogP contribution in [0.5, 0.6) is 5.75 Å². The number of nitrogens with zero attached hydrogens (tertiary/aromatic N) is 2. The molecule has 1 unspecified atom stereocenters. The van der Waals surface area contributed by atoms with Gasteiger partial charge in [0.25, 0.3) is 0 Å². The predicted molar refractivity (Wildman–Crippen MR) is 158 cm³/mol. The Morgan fingerprint density at radius 3 is 2.51 bits per heavy atom. The van der Waals surface area contributed by atoms with Crippen molar-refractivity contribution < 1.29 is 33.8 Å². The Morgan fingerprint density at radius 2 is 1.79 bits per heavy atom. The molecule has 0 saturated carbocycles. The van der Waals surface area contributed by atoms with Gasteiger partial charge >= 0.3 is 255 Å².